The van der Waals surface area contributed by atoms with Gasteiger partial charge in [-0.2, -0.15) is 0 Å². The maximum atomic E-state index is 13.9. The van der Waals surface area contributed by atoms with E-state index in [4.69, 9.17) is 4.42 Å². The molecule has 4 aromatic rings. The highest BCUT2D eigenvalue weighted by Crippen LogP contribution is 2.30. The molecular weight excluding hydrogens is 293 g/mol. The minimum absolute atomic E-state index is 0.280. The summed E-state index contributed by atoms with van der Waals surface area (Å²) in [5.41, 5.74) is 3.24. The highest BCUT2D eigenvalue weighted by molar-refractivity contribution is 5.93. The summed E-state index contributed by atoms with van der Waals surface area (Å²) in [6, 6.07) is 14.2. The van der Waals surface area contributed by atoms with Gasteiger partial charge in [0.2, 0.25) is 11.8 Å². The van der Waals surface area contributed by atoms with Crippen LogP contribution in [0.5, 0.6) is 0 Å². The summed E-state index contributed by atoms with van der Waals surface area (Å²) in [6.07, 6.45) is 1.71. The van der Waals surface area contributed by atoms with Crippen molar-refractivity contribution in [2.45, 2.75) is 6.92 Å². The predicted octanol–water partition coefficient (Wildman–Crippen LogP) is 4.40. The van der Waals surface area contributed by atoms with Crippen LogP contribution >= 0.6 is 0 Å². The van der Waals surface area contributed by atoms with Gasteiger partial charge in [0.05, 0.1) is 5.52 Å². The Kier molecular flexibility index (Phi) is 3.12. The lowest BCUT2D eigenvalue weighted by Crippen LogP contribution is -1.87. The van der Waals surface area contributed by atoms with E-state index in [1.165, 1.54) is 12.1 Å². The molecule has 4 nitrogen and oxygen atoms in total. The van der Waals surface area contributed by atoms with E-state index < -0.39 is 0 Å². The molecule has 0 unspecified atom stereocenters. The highest BCUT2D eigenvalue weighted by Gasteiger charge is 2.10. The van der Waals surface area contributed by atoms with Gasteiger partial charge in [-0.15, -0.1) is 10.2 Å². The zero-order valence-corrected chi connectivity index (χ0v) is 12.3. The summed E-state index contributed by atoms with van der Waals surface area (Å²) >= 11 is 0. The van der Waals surface area contributed by atoms with Crippen LogP contribution in [0.3, 0.4) is 0 Å². The van der Waals surface area contributed by atoms with Gasteiger partial charge < -0.3 is 4.42 Å². The summed E-state index contributed by atoms with van der Waals surface area (Å²) < 4.78 is 19.3. The smallest absolute Gasteiger partial charge is 0.247 e. The van der Waals surface area contributed by atoms with E-state index in [0.717, 1.165) is 27.6 Å². The number of hydrogen-bond acceptors (Lipinski definition) is 4. The fourth-order valence-electron chi connectivity index (χ4n) is 2.58. The van der Waals surface area contributed by atoms with Gasteiger partial charge in [0.1, 0.15) is 5.82 Å². The van der Waals surface area contributed by atoms with Crippen molar-refractivity contribution in [1.29, 1.82) is 0 Å². The molecule has 0 bridgehead atoms. The van der Waals surface area contributed by atoms with Crippen LogP contribution in [0.25, 0.3) is 33.5 Å². The van der Waals surface area contributed by atoms with Crippen molar-refractivity contribution in [1.82, 2.24) is 15.2 Å². The first-order valence-corrected chi connectivity index (χ1v) is 7.16. The molecule has 2 heterocycles. The van der Waals surface area contributed by atoms with Crippen molar-refractivity contribution in [3.63, 3.8) is 0 Å². The molecule has 112 valence electrons. The van der Waals surface area contributed by atoms with E-state index in [1.807, 2.05) is 30.3 Å². The number of benzene rings is 2. The van der Waals surface area contributed by atoms with Gasteiger partial charge in [0.25, 0.3) is 0 Å². The maximum absolute atomic E-state index is 13.9. The Labute approximate surface area is 131 Å². The van der Waals surface area contributed by atoms with Gasteiger partial charge in [-0.1, -0.05) is 18.2 Å². The molecule has 0 aliphatic rings. The maximum Gasteiger partial charge on any atom is 0.247 e. The molecule has 23 heavy (non-hydrogen) atoms. The van der Waals surface area contributed by atoms with E-state index in [1.54, 1.807) is 19.2 Å². The van der Waals surface area contributed by atoms with E-state index >= 15 is 0 Å². The minimum Gasteiger partial charge on any atom is -0.421 e. The second kappa shape index (κ2) is 5.28. The van der Waals surface area contributed by atoms with Crippen molar-refractivity contribution < 1.29 is 8.81 Å². The van der Waals surface area contributed by atoms with E-state index in [9.17, 15) is 4.39 Å². The second-order valence-electron chi connectivity index (χ2n) is 5.23. The number of pyridine rings is 1. The van der Waals surface area contributed by atoms with E-state index in [2.05, 4.69) is 15.2 Å². The summed E-state index contributed by atoms with van der Waals surface area (Å²) in [6.45, 7) is 1.75. The largest absolute Gasteiger partial charge is 0.421 e. The molecule has 2 aromatic carbocycles. The first-order valence-electron chi connectivity index (χ1n) is 7.16. The predicted molar refractivity (Wildman–Crippen MR) is 85.2 cm³/mol. The third kappa shape index (κ3) is 2.46. The van der Waals surface area contributed by atoms with Crippen LogP contribution in [0.4, 0.5) is 4.39 Å². The monoisotopic (exact) mass is 305 g/mol. The lowest BCUT2D eigenvalue weighted by molar-refractivity contribution is 0.533. The van der Waals surface area contributed by atoms with E-state index in [-0.39, 0.29) is 5.82 Å². The Morgan fingerprint density at radius 1 is 0.957 bits per heavy atom. The van der Waals surface area contributed by atoms with Crippen LogP contribution in [0.2, 0.25) is 0 Å². The van der Waals surface area contributed by atoms with Crippen molar-refractivity contribution in [2.24, 2.45) is 0 Å². The van der Waals surface area contributed by atoms with E-state index in [0.29, 0.717) is 11.8 Å². The molecule has 0 radical (unpaired) electrons. The third-order valence-corrected chi connectivity index (χ3v) is 3.64. The summed E-state index contributed by atoms with van der Waals surface area (Å²) in [5, 5.41) is 8.59. The molecule has 0 N–H and O–H groups in total. The lowest BCUT2D eigenvalue weighted by Gasteiger charge is -2.07. The molecule has 0 spiro atoms. The lowest BCUT2D eigenvalue weighted by atomic mass is 10.0. The quantitative estimate of drug-likeness (QED) is 0.551. The van der Waals surface area contributed by atoms with Crippen LogP contribution in [0.1, 0.15) is 5.89 Å². The summed E-state index contributed by atoms with van der Waals surface area (Å²) in [7, 11) is 0. The van der Waals surface area contributed by atoms with Crippen LogP contribution < -0.4 is 0 Å². The Bertz CT molecular complexity index is 993. The molecule has 0 saturated heterocycles. The second-order valence-corrected chi connectivity index (χ2v) is 5.23. The van der Waals surface area contributed by atoms with Crippen molar-refractivity contribution >= 4 is 10.9 Å². The standard InChI is InChI=1S/C18H12FN3O/c1-11-21-22-18(23-11)13-6-4-12(5-7-13)16-10-15(19)9-14-3-2-8-20-17(14)16/h2-10H,1H3. The molecule has 2 aromatic heterocycles. The average Bonchev–Trinajstić information content (AvgIpc) is 3.01. The van der Waals surface area contributed by atoms with Crippen molar-refractivity contribution in [3.05, 3.63) is 66.4 Å². The van der Waals surface area contributed by atoms with Crippen molar-refractivity contribution in [3.8, 4) is 22.6 Å². The van der Waals surface area contributed by atoms with Gasteiger partial charge in [-0.25, -0.2) is 4.39 Å². The Hall–Kier alpha value is -3.08. The van der Waals surface area contributed by atoms with Crippen LogP contribution in [-0.2, 0) is 0 Å². The number of nitrogens with zero attached hydrogens (tertiary/aromatic N) is 3. The molecule has 0 amide bonds. The minimum atomic E-state index is -0.280. The number of aryl methyl sites for hydroxylation is 1. The molecular formula is C18H12FN3O. The van der Waals surface area contributed by atoms with Crippen LogP contribution in [-0.4, -0.2) is 15.2 Å². The van der Waals surface area contributed by atoms with Gasteiger partial charge in [-0.3, -0.25) is 4.98 Å². The first-order chi connectivity index (χ1) is 11.2. The number of rotatable bonds is 2. The number of halogens is 1. The molecule has 0 aliphatic carbocycles. The van der Waals surface area contributed by atoms with Crippen molar-refractivity contribution in [2.75, 3.05) is 0 Å². The van der Waals surface area contributed by atoms with Gasteiger partial charge in [0, 0.05) is 29.6 Å². The average molecular weight is 305 g/mol. The van der Waals surface area contributed by atoms with Crippen LogP contribution in [0, 0.1) is 12.7 Å². The fraction of sp³-hybridized carbons (Fsp3) is 0.0556. The van der Waals surface area contributed by atoms with Crippen LogP contribution in [0.15, 0.2) is 59.1 Å². The fourth-order valence-corrected chi connectivity index (χ4v) is 2.58. The Morgan fingerprint density at radius 3 is 2.48 bits per heavy atom. The SMILES string of the molecule is Cc1nnc(-c2ccc(-c3cc(F)cc4cccnc34)cc2)o1. The summed E-state index contributed by atoms with van der Waals surface area (Å²) in [4.78, 5) is 4.38. The Balaban J connectivity index is 1.82. The molecule has 0 atom stereocenters. The number of aromatic nitrogens is 3. The van der Waals surface area contributed by atoms with Gasteiger partial charge in [0.15, 0.2) is 0 Å². The molecule has 0 fully saturated rings. The third-order valence-electron chi connectivity index (χ3n) is 3.64. The zero-order valence-electron chi connectivity index (χ0n) is 12.3. The molecule has 5 heteroatoms. The molecule has 0 aliphatic heterocycles. The Morgan fingerprint density at radius 2 is 1.74 bits per heavy atom. The normalized spacial score (nSPS) is 11.0. The van der Waals surface area contributed by atoms with Gasteiger partial charge in [-0.05, 0) is 35.9 Å². The zero-order chi connectivity index (χ0) is 15.8. The molecule has 4 rings (SSSR count). The topological polar surface area (TPSA) is 51.8 Å². The van der Waals surface area contributed by atoms with Gasteiger partial charge >= 0.3 is 0 Å². The highest BCUT2D eigenvalue weighted by atomic mass is 19.1. The number of hydrogen-bond donors (Lipinski definition) is 0. The molecule has 0 saturated carbocycles. The summed E-state index contributed by atoms with van der Waals surface area (Å²) in [5.74, 6) is 0.706. The number of fused-ring (bicyclic) bond motifs is 1. The first kappa shape index (κ1) is 13.6.